The lowest BCUT2D eigenvalue weighted by atomic mass is 10.3. The third kappa shape index (κ3) is 3.79. The maximum atomic E-state index is 11.9. The summed E-state index contributed by atoms with van der Waals surface area (Å²) >= 11 is 11.8. The number of carbonyl (C=O) groups excluding carboxylic acids is 1. The number of nitrogens with two attached hydrogens (primary N) is 1. The number of sulfonamides is 1. The van der Waals surface area contributed by atoms with E-state index in [1.165, 1.54) is 6.26 Å². The Morgan fingerprint density at radius 3 is 2.33 bits per heavy atom. The van der Waals surface area contributed by atoms with Crippen LogP contribution < -0.4 is 10.5 Å². The molecule has 0 atom stereocenters. The first-order chi connectivity index (χ1) is 9.79. The molecule has 1 aliphatic rings. The van der Waals surface area contributed by atoms with Crippen LogP contribution in [0.5, 0.6) is 0 Å². The van der Waals surface area contributed by atoms with Gasteiger partial charge >= 0.3 is 0 Å². The quantitative estimate of drug-likeness (QED) is 0.856. The summed E-state index contributed by atoms with van der Waals surface area (Å²) in [6.07, 6.45) is 1.17. The van der Waals surface area contributed by atoms with Crippen LogP contribution in [0.3, 0.4) is 0 Å². The van der Waals surface area contributed by atoms with Gasteiger partial charge in [0.2, 0.25) is 15.8 Å². The molecule has 3 N–H and O–H groups in total. The molecule has 1 amide bonds. The minimum absolute atomic E-state index is 0.0380. The fourth-order valence-electron chi connectivity index (χ4n) is 1.50. The number of halogens is 2. The molecule has 1 aromatic carbocycles. The van der Waals surface area contributed by atoms with Crippen molar-refractivity contribution in [3.8, 4) is 0 Å². The summed E-state index contributed by atoms with van der Waals surface area (Å²) in [5.41, 5.74) is 0.0470. The summed E-state index contributed by atoms with van der Waals surface area (Å²) in [4.78, 5) is 11.7. The smallest absolute Gasteiger partial charge is 0.294 e. The molecule has 0 saturated carbocycles. The van der Waals surface area contributed by atoms with Crippen molar-refractivity contribution in [3.63, 3.8) is 0 Å². The number of ether oxygens (including phenoxy) is 2. The number of amides is 1. The normalized spacial score (nSPS) is 14.7. The second kappa shape index (κ2) is 6.10. The van der Waals surface area contributed by atoms with Gasteiger partial charge in [-0.2, -0.15) is 0 Å². The number of hydrogen-bond donors (Lipinski definition) is 2. The molecule has 0 radical (unpaired) electrons. The van der Waals surface area contributed by atoms with Crippen molar-refractivity contribution in [1.82, 2.24) is 0 Å². The van der Waals surface area contributed by atoms with E-state index < -0.39 is 15.9 Å². The fourth-order valence-corrected chi connectivity index (χ4v) is 2.77. The van der Waals surface area contributed by atoms with Gasteiger partial charge in [-0.25, -0.2) is 13.6 Å². The average Bonchev–Trinajstić information content (AvgIpc) is 2.42. The lowest BCUT2D eigenvalue weighted by Gasteiger charge is -2.16. The van der Waals surface area contributed by atoms with Gasteiger partial charge in [-0.05, 0) is 12.1 Å². The van der Waals surface area contributed by atoms with Gasteiger partial charge in [-0.15, -0.1) is 0 Å². The summed E-state index contributed by atoms with van der Waals surface area (Å²) in [6.45, 7) is 0.590. The second-order valence-electron chi connectivity index (χ2n) is 3.96. The Labute approximate surface area is 130 Å². The highest BCUT2D eigenvalue weighted by atomic mass is 35.5. The Hall–Kier alpha value is -1.48. The molecular weight excluding hydrogens is 343 g/mol. The lowest BCUT2D eigenvalue weighted by Crippen LogP contribution is -2.21. The molecule has 0 bridgehead atoms. The number of carbonyl (C=O) groups is 1. The van der Waals surface area contributed by atoms with Crippen LogP contribution in [-0.4, -0.2) is 27.5 Å². The first kappa shape index (κ1) is 15.9. The topological polar surface area (TPSA) is 108 Å². The highest BCUT2D eigenvalue weighted by molar-refractivity contribution is 7.89. The van der Waals surface area contributed by atoms with Gasteiger partial charge < -0.3 is 14.8 Å². The molecule has 0 fully saturated rings. The first-order valence-electron chi connectivity index (χ1n) is 5.57. The Bertz CT molecular complexity index is 694. The van der Waals surface area contributed by atoms with Gasteiger partial charge in [0.05, 0.1) is 20.6 Å². The van der Waals surface area contributed by atoms with E-state index in [1.54, 1.807) is 0 Å². The van der Waals surface area contributed by atoms with Crippen LogP contribution in [-0.2, 0) is 24.3 Å². The molecule has 0 spiro atoms. The van der Waals surface area contributed by atoms with Crippen molar-refractivity contribution in [1.29, 1.82) is 0 Å². The van der Waals surface area contributed by atoms with E-state index in [2.05, 4.69) is 5.32 Å². The molecule has 0 aromatic heterocycles. The van der Waals surface area contributed by atoms with Gasteiger partial charge in [0.15, 0.2) is 0 Å². The zero-order chi connectivity index (χ0) is 15.6. The number of anilines is 1. The third-order valence-corrected chi connectivity index (χ3v) is 3.94. The van der Waals surface area contributed by atoms with Crippen molar-refractivity contribution in [3.05, 3.63) is 34.2 Å². The molecule has 1 aliphatic heterocycles. The number of primary sulfonamides is 1. The maximum absolute atomic E-state index is 11.9. The number of hydrogen-bond acceptors (Lipinski definition) is 5. The Kier molecular flexibility index (Phi) is 4.62. The van der Waals surface area contributed by atoms with E-state index in [9.17, 15) is 13.2 Å². The average molecular weight is 353 g/mol. The molecule has 1 heterocycles. The predicted octanol–water partition coefficient (Wildman–Crippen LogP) is 1.47. The predicted molar refractivity (Wildman–Crippen MR) is 76.5 cm³/mol. The van der Waals surface area contributed by atoms with Gasteiger partial charge in [0, 0.05) is 0 Å². The van der Waals surface area contributed by atoms with E-state index >= 15 is 0 Å². The SMILES string of the molecule is NS(=O)(=O)c1cc(Cl)c(NC(=O)C2=COCCO2)c(Cl)c1. The molecule has 7 nitrogen and oxygen atoms in total. The largest absolute Gasteiger partial charge is 0.494 e. The molecule has 1 aromatic rings. The van der Waals surface area contributed by atoms with E-state index in [4.69, 9.17) is 37.8 Å². The van der Waals surface area contributed by atoms with Crippen LogP contribution >= 0.6 is 23.2 Å². The van der Waals surface area contributed by atoms with Gasteiger partial charge in [-0.3, -0.25) is 4.79 Å². The third-order valence-electron chi connectivity index (χ3n) is 2.46. The fraction of sp³-hybridized carbons (Fsp3) is 0.182. The van der Waals surface area contributed by atoms with Crippen molar-refractivity contribution in [2.75, 3.05) is 18.5 Å². The molecule has 0 unspecified atom stereocenters. The zero-order valence-corrected chi connectivity index (χ0v) is 12.8. The molecule has 0 saturated heterocycles. The van der Waals surface area contributed by atoms with Crippen LogP contribution in [0, 0.1) is 0 Å². The number of benzene rings is 1. The van der Waals surface area contributed by atoms with E-state index in [0.29, 0.717) is 6.61 Å². The summed E-state index contributed by atoms with van der Waals surface area (Å²) in [6, 6.07) is 2.18. The zero-order valence-electron chi connectivity index (χ0n) is 10.4. The number of rotatable bonds is 3. The van der Waals surface area contributed by atoms with Crippen LogP contribution in [0.15, 0.2) is 29.0 Å². The number of nitrogens with one attached hydrogen (secondary N) is 1. The van der Waals surface area contributed by atoms with Crippen molar-refractivity contribution in [2.45, 2.75) is 4.90 Å². The van der Waals surface area contributed by atoms with Crippen molar-refractivity contribution in [2.24, 2.45) is 5.14 Å². The van der Waals surface area contributed by atoms with Gasteiger partial charge in [0.25, 0.3) is 5.91 Å². The minimum atomic E-state index is -3.95. The Morgan fingerprint density at radius 1 is 1.24 bits per heavy atom. The minimum Gasteiger partial charge on any atom is -0.494 e. The molecule has 10 heteroatoms. The second-order valence-corrected chi connectivity index (χ2v) is 6.34. The lowest BCUT2D eigenvalue weighted by molar-refractivity contribution is -0.117. The van der Waals surface area contributed by atoms with Crippen LogP contribution in [0.25, 0.3) is 0 Å². The monoisotopic (exact) mass is 352 g/mol. The van der Waals surface area contributed by atoms with Crippen LogP contribution in [0.4, 0.5) is 5.69 Å². The van der Waals surface area contributed by atoms with Crippen molar-refractivity contribution >= 4 is 44.8 Å². The molecule has 114 valence electrons. The highest BCUT2D eigenvalue weighted by Gasteiger charge is 2.20. The summed E-state index contributed by atoms with van der Waals surface area (Å²) < 4.78 is 32.5. The van der Waals surface area contributed by atoms with Gasteiger partial charge in [0.1, 0.15) is 19.5 Å². The van der Waals surface area contributed by atoms with E-state index in [0.717, 1.165) is 12.1 Å². The standard InChI is InChI=1S/C11H10Cl2N2O5S/c12-7-3-6(21(14,17)18)4-8(13)10(7)15-11(16)9-5-19-1-2-20-9/h3-5H,1-2H2,(H,15,16)(H2,14,17,18). The first-order valence-corrected chi connectivity index (χ1v) is 7.87. The van der Waals surface area contributed by atoms with Crippen LogP contribution in [0.2, 0.25) is 10.0 Å². The Morgan fingerprint density at radius 2 is 1.86 bits per heavy atom. The summed E-state index contributed by atoms with van der Waals surface area (Å²) in [5.74, 6) is -0.661. The Balaban J connectivity index is 2.29. The molecule has 0 aliphatic carbocycles. The highest BCUT2D eigenvalue weighted by Crippen LogP contribution is 2.33. The van der Waals surface area contributed by atoms with E-state index in [-0.39, 0.29) is 33.0 Å². The maximum Gasteiger partial charge on any atom is 0.294 e. The summed E-state index contributed by atoms with van der Waals surface area (Å²) in [7, 11) is -3.95. The van der Waals surface area contributed by atoms with Crippen molar-refractivity contribution < 1.29 is 22.7 Å². The van der Waals surface area contributed by atoms with Gasteiger partial charge in [-0.1, -0.05) is 23.2 Å². The molecular formula is C11H10Cl2N2O5S. The summed E-state index contributed by atoms with van der Waals surface area (Å²) in [5, 5.41) is 7.26. The molecule has 21 heavy (non-hydrogen) atoms. The van der Waals surface area contributed by atoms with Crippen LogP contribution in [0.1, 0.15) is 0 Å². The molecule has 2 rings (SSSR count). The van der Waals surface area contributed by atoms with E-state index in [1.807, 2.05) is 0 Å².